The van der Waals surface area contributed by atoms with E-state index in [1.807, 2.05) is 54.4 Å². The first-order chi connectivity index (χ1) is 21.8. The number of likely N-dealkylation sites (tertiary alicyclic amines) is 1. The standard InChI is InChI=1S/C35H37N7O3/c1-40-32-26(14-24(16-29(32)45-2)35(44)42-18-23-9-11-27(42)31(23)37)39-34(40)28-15-22-8-10-25(38-33(22)41(28)17-19-6-7-19)21-5-3-4-20(12-21)13-30(36)43/h3-5,8,10,12,14-16,19,23,27,31H,6-7,9,11,13,17-18,37H2,1-2H3,(H2,36,43)/t23?,27?,31-/m1/s1. The number of nitrogens with zero attached hydrogens (tertiary/aromatic N) is 5. The topological polar surface area (TPSA) is 134 Å². The van der Waals surface area contributed by atoms with E-state index >= 15 is 0 Å². The molecular weight excluding hydrogens is 566 g/mol. The van der Waals surface area contributed by atoms with Gasteiger partial charge in [0.2, 0.25) is 5.91 Å². The number of ether oxygens (including phenoxy) is 1. The van der Waals surface area contributed by atoms with Crippen LogP contribution in [-0.2, 0) is 24.8 Å². The Morgan fingerprint density at radius 2 is 1.87 bits per heavy atom. The molecule has 2 aliphatic carbocycles. The van der Waals surface area contributed by atoms with Gasteiger partial charge in [-0.05, 0) is 79.5 Å². The van der Waals surface area contributed by atoms with Gasteiger partial charge in [-0.1, -0.05) is 18.2 Å². The number of hydrogen-bond acceptors (Lipinski definition) is 6. The molecule has 4 heterocycles. The number of primary amides is 1. The number of pyridine rings is 1. The van der Waals surface area contributed by atoms with E-state index in [0.29, 0.717) is 35.2 Å². The van der Waals surface area contributed by atoms with Gasteiger partial charge in [0, 0.05) is 48.7 Å². The minimum Gasteiger partial charge on any atom is -0.494 e. The Kier molecular flexibility index (Phi) is 6.46. The molecule has 230 valence electrons. The van der Waals surface area contributed by atoms with E-state index in [9.17, 15) is 9.59 Å². The molecule has 10 nitrogen and oxygen atoms in total. The van der Waals surface area contributed by atoms with E-state index in [1.165, 1.54) is 12.8 Å². The van der Waals surface area contributed by atoms with Crippen molar-refractivity contribution >= 4 is 33.9 Å². The van der Waals surface area contributed by atoms with Crippen LogP contribution in [0, 0.1) is 11.8 Å². The first kappa shape index (κ1) is 27.8. The van der Waals surface area contributed by atoms with Gasteiger partial charge in [-0.2, -0.15) is 0 Å². The van der Waals surface area contributed by atoms with Gasteiger partial charge in [0.1, 0.15) is 16.9 Å². The molecule has 10 heteroatoms. The van der Waals surface area contributed by atoms with E-state index in [4.69, 9.17) is 26.2 Å². The lowest BCUT2D eigenvalue weighted by atomic mass is 10.0. The summed E-state index contributed by atoms with van der Waals surface area (Å²) in [6.45, 7) is 1.56. The normalized spacial score (nSPS) is 20.9. The highest BCUT2D eigenvalue weighted by Crippen LogP contribution is 2.40. The van der Waals surface area contributed by atoms with E-state index in [-0.39, 0.29) is 30.3 Å². The Bertz CT molecular complexity index is 2010. The van der Waals surface area contributed by atoms with Gasteiger partial charge in [0.25, 0.3) is 5.91 Å². The number of methoxy groups -OCH3 is 1. The van der Waals surface area contributed by atoms with Gasteiger partial charge in [0.15, 0.2) is 5.82 Å². The van der Waals surface area contributed by atoms with Crippen molar-refractivity contribution < 1.29 is 14.3 Å². The molecule has 0 radical (unpaired) electrons. The maximum atomic E-state index is 13.7. The van der Waals surface area contributed by atoms with Crippen molar-refractivity contribution in [2.24, 2.45) is 30.4 Å². The second-order valence-electron chi connectivity index (χ2n) is 13.0. The Labute approximate surface area is 261 Å². The molecule has 2 amide bonds. The Morgan fingerprint density at radius 1 is 1.02 bits per heavy atom. The molecular formula is C35H37N7O3. The zero-order chi connectivity index (χ0) is 31.0. The molecule has 3 aromatic heterocycles. The number of fused-ring (bicyclic) bond motifs is 4. The molecule has 3 fully saturated rings. The van der Waals surface area contributed by atoms with Crippen LogP contribution in [0.4, 0.5) is 0 Å². The molecule has 1 aliphatic heterocycles. The number of nitrogens with two attached hydrogens (primary N) is 2. The van der Waals surface area contributed by atoms with E-state index < -0.39 is 0 Å². The summed E-state index contributed by atoms with van der Waals surface area (Å²) in [5.74, 6) is 2.02. The first-order valence-corrected chi connectivity index (χ1v) is 15.8. The molecule has 1 saturated heterocycles. The third kappa shape index (κ3) is 4.66. The number of aryl methyl sites for hydroxylation is 1. The number of piperidine rings is 1. The maximum absolute atomic E-state index is 13.7. The Hall–Kier alpha value is -4.70. The van der Waals surface area contributed by atoms with Crippen LogP contribution in [0.25, 0.3) is 44.8 Å². The van der Waals surface area contributed by atoms with Crippen molar-refractivity contribution in [2.45, 2.75) is 50.7 Å². The minimum atomic E-state index is -0.360. The predicted molar refractivity (Wildman–Crippen MR) is 173 cm³/mol. The summed E-state index contributed by atoms with van der Waals surface area (Å²) in [4.78, 5) is 37.5. The van der Waals surface area contributed by atoms with Gasteiger partial charge >= 0.3 is 0 Å². The van der Waals surface area contributed by atoms with Crippen molar-refractivity contribution in [3.05, 3.63) is 65.7 Å². The van der Waals surface area contributed by atoms with Crippen LogP contribution in [-0.4, -0.2) is 61.6 Å². The fourth-order valence-corrected chi connectivity index (χ4v) is 7.53. The molecule has 8 rings (SSSR count). The van der Waals surface area contributed by atoms with Crippen molar-refractivity contribution in [3.8, 4) is 28.5 Å². The molecule has 2 bridgehead atoms. The summed E-state index contributed by atoms with van der Waals surface area (Å²) in [6.07, 6.45) is 4.63. The molecule has 3 atom stereocenters. The molecule has 2 aromatic carbocycles. The van der Waals surface area contributed by atoms with Crippen LogP contribution < -0.4 is 16.2 Å². The number of imidazole rings is 1. The summed E-state index contributed by atoms with van der Waals surface area (Å²) < 4.78 is 10.2. The molecule has 3 aliphatic rings. The SMILES string of the molecule is COc1cc(C(=O)N2CC3CCC2[C@@H]3N)cc2nc(-c3cc4ccc(-c5cccc(CC(N)=O)c5)nc4n3CC3CC3)n(C)c12. The average molecular weight is 604 g/mol. The number of aromatic nitrogens is 4. The highest BCUT2D eigenvalue weighted by atomic mass is 16.5. The predicted octanol–water partition coefficient (Wildman–Crippen LogP) is 4.27. The lowest BCUT2D eigenvalue weighted by Gasteiger charge is -2.27. The lowest BCUT2D eigenvalue weighted by molar-refractivity contribution is -0.117. The molecule has 2 unspecified atom stereocenters. The Balaban J connectivity index is 1.22. The van der Waals surface area contributed by atoms with Gasteiger partial charge in [-0.25, -0.2) is 9.97 Å². The third-order valence-electron chi connectivity index (χ3n) is 10.0. The molecule has 45 heavy (non-hydrogen) atoms. The van der Waals surface area contributed by atoms with Gasteiger partial charge in [-0.3, -0.25) is 9.59 Å². The van der Waals surface area contributed by atoms with Crippen LogP contribution in [0.5, 0.6) is 5.75 Å². The van der Waals surface area contributed by atoms with Crippen LogP contribution in [0.2, 0.25) is 0 Å². The second-order valence-corrected chi connectivity index (χ2v) is 13.0. The number of carbonyl (C=O) groups excluding carboxylic acids is 2. The van der Waals surface area contributed by atoms with E-state index in [1.54, 1.807) is 7.11 Å². The largest absolute Gasteiger partial charge is 0.494 e. The monoisotopic (exact) mass is 603 g/mol. The fraction of sp³-hybridized carbons (Fsp3) is 0.371. The minimum absolute atomic E-state index is 0.00970. The Morgan fingerprint density at radius 3 is 2.58 bits per heavy atom. The van der Waals surface area contributed by atoms with Crippen molar-refractivity contribution in [1.29, 1.82) is 0 Å². The number of carbonyl (C=O) groups is 2. The number of rotatable bonds is 8. The van der Waals surface area contributed by atoms with Gasteiger partial charge in [0.05, 0.1) is 30.4 Å². The van der Waals surface area contributed by atoms with Gasteiger partial charge < -0.3 is 30.2 Å². The molecule has 4 N–H and O–H groups in total. The fourth-order valence-electron chi connectivity index (χ4n) is 7.53. The summed E-state index contributed by atoms with van der Waals surface area (Å²) in [5.41, 5.74) is 18.5. The van der Waals surface area contributed by atoms with E-state index in [0.717, 1.165) is 64.3 Å². The molecule has 5 aromatic rings. The summed E-state index contributed by atoms with van der Waals surface area (Å²) >= 11 is 0. The zero-order valence-electron chi connectivity index (χ0n) is 25.6. The van der Waals surface area contributed by atoms with Crippen LogP contribution in [0.15, 0.2) is 54.6 Å². The van der Waals surface area contributed by atoms with Crippen LogP contribution >= 0.6 is 0 Å². The van der Waals surface area contributed by atoms with Crippen molar-refractivity contribution in [1.82, 2.24) is 24.0 Å². The summed E-state index contributed by atoms with van der Waals surface area (Å²) in [5, 5.41) is 1.03. The number of benzene rings is 2. The second kappa shape index (κ2) is 10.4. The molecule has 0 spiro atoms. The summed E-state index contributed by atoms with van der Waals surface area (Å²) in [6, 6.07) is 18.0. The highest BCUT2D eigenvalue weighted by Gasteiger charge is 2.47. The van der Waals surface area contributed by atoms with Crippen LogP contribution in [0.3, 0.4) is 0 Å². The number of amides is 2. The zero-order valence-corrected chi connectivity index (χ0v) is 25.6. The molecule has 2 saturated carbocycles. The first-order valence-electron chi connectivity index (χ1n) is 15.8. The quantitative estimate of drug-likeness (QED) is 0.272. The summed E-state index contributed by atoms with van der Waals surface area (Å²) in [7, 11) is 3.63. The van der Waals surface area contributed by atoms with Gasteiger partial charge in [-0.15, -0.1) is 0 Å². The number of hydrogen-bond donors (Lipinski definition) is 2. The van der Waals surface area contributed by atoms with E-state index in [2.05, 4.69) is 21.3 Å². The third-order valence-corrected chi connectivity index (χ3v) is 10.0. The maximum Gasteiger partial charge on any atom is 0.254 e. The van der Waals surface area contributed by atoms with Crippen molar-refractivity contribution in [3.63, 3.8) is 0 Å². The van der Waals surface area contributed by atoms with Crippen molar-refractivity contribution in [2.75, 3.05) is 13.7 Å². The average Bonchev–Trinajstić information content (AvgIpc) is 3.44. The highest BCUT2D eigenvalue weighted by molar-refractivity contribution is 6.00. The lowest BCUT2D eigenvalue weighted by Crippen LogP contribution is -2.41. The van der Waals surface area contributed by atoms with Crippen LogP contribution in [0.1, 0.15) is 41.6 Å². The smallest absolute Gasteiger partial charge is 0.254 e.